The van der Waals surface area contributed by atoms with Gasteiger partial charge in [0.15, 0.2) is 0 Å². The van der Waals surface area contributed by atoms with Gasteiger partial charge in [0.1, 0.15) is 17.8 Å². The summed E-state index contributed by atoms with van der Waals surface area (Å²) < 4.78 is 0. The molecule has 3 aromatic rings. The van der Waals surface area contributed by atoms with Crippen molar-refractivity contribution in [1.82, 2.24) is 25.8 Å². The Morgan fingerprint density at radius 1 is 1.02 bits per heavy atom. The van der Waals surface area contributed by atoms with Crippen molar-refractivity contribution in [3.05, 3.63) is 71.9 Å². The number of benzene rings is 2. The molecule has 0 radical (unpaired) electrons. The van der Waals surface area contributed by atoms with Crippen molar-refractivity contribution in [2.45, 2.75) is 45.8 Å². The number of H-pyrrole nitrogens is 1. The molecule has 0 bridgehead atoms. The number of amides is 4. The van der Waals surface area contributed by atoms with Gasteiger partial charge in [-0.15, -0.1) is 0 Å². The number of fused-ring (bicyclic) bond motifs is 1. The Hall–Kier alpha value is -4.47. The monoisotopic (exact) mass is 571 g/mol. The van der Waals surface area contributed by atoms with E-state index in [2.05, 4.69) is 34.8 Å². The van der Waals surface area contributed by atoms with Crippen LogP contribution in [-0.4, -0.2) is 58.6 Å². The molecule has 2 fully saturated rings. The first kappa shape index (κ1) is 29.0. The van der Waals surface area contributed by atoms with E-state index in [1.807, 2.05) is 54.6 Å². The standard InChI is InChI=1S/C32H37N5O5/c1-19(2)23-16-27(37(18-23)32(42)26-15-21-10-6-7-11-25(21)35-26)36-30(40)24(14-22-12-13-33-29(22)39)28(38)31(41)34-17-20-8-4-3-5-9-20/h3-11,15,19,22-24,27,35H,12-14,16-18H2,1-2H3,(H,33,39)(H,34,41)(H,36,40)/t22-,23-,24?,27+/m1/s1. The van der Waals surface area contributed by atoms with E-state index in [9.17, 15) is 24.0 Å². The van der Waals surface area contributed by atoms with Gasteiger partial charge in [0.05, 0.1) is 0 Å². The highest BCUT2D eigenvalue weighted by molar-refractivity contribution is 6.40. The van der Waals surface area contributed by atoms with Crippen molar-refractivity contribution in [2.75, 3.05) is 13.1 Å². The Kier molecular flexibility index (Phi) is 8.70. The summed E-state index contributed by atoms with van der Waals surface area (Å²) in [6, 6.07) is 18.5. The van der Waals surface area contributed by atoms with Gasteiger partial charge in [0.2, 0.25) is 17.6 Å². The van der Waals surface area contributed by atoms with Crippen LogP contribution in [0.4, 0.5) is 0 Å². The van der Waals surface area contributed by atoms with E-state index in [4.69, 9.17) is 0 Å². The fourth-order valence-electron chi connectivity index (χ4n) is 5.83. The average molecular weight is 572 g/mol. The van der Waals surface area contributed by atoms with Gasteiger partial charge in [0.25, 0.3) is 11.8 Å². The van der Waals surface area contributed by atoms with Crippen molar-refractivity contribution in [2.24, 2.45) is 23.7 Å². The second kappa shape index (κ2) is 12.6. The number of carbonyl (C=O) groups excluding carboxylic acids is 5. The quantitative estimate of drug-likeness (QED) is 0.219. The Morgan fingerprint density at radius 3 is 2.45 bits per heavy atom. The maximum atomic E-state index is 13.7. The molecule has 3 heterocycles. The third-order valence-corrected chi connectivity index (χ3v) is 8.44. The van der Waals surface area contributed by atoms with Crippen LogP contribution in [0.1, 0.15) is 49.2 Å². The van der Waals surface area contributed by atoms with Crippen LogP contribution in [0.2, 0.25) is 0 Å². The van der Waals surface area contributed by atoms with Gasteiger partial charge < -0.3 is 25.8 Å². The molecule has 5 rings (SSSR count). The molecule has 2 aliphatic rings. The highest BCUT2D eigenvalue weighted by Gasteiger charge is 2.42. The molecule has 2 aromatic carbocycles. The van der Waals surface area contributed by atoms with Crippen LogP contribution in [-0.2, 0) is 25.7 Å². The van der Waals surface area contributed by atoms with E-state index in [0.29, 0.717) is 31.6 Å². The third kappa shape index (κ3) is 6.37. The molecule has 10 heteroatoms. The number of aromatic amines is 1. The summed E-state index contributed by atoms with van der Waals surface area (Å²) >= 11 is 0. The molecular formula is C32H37N5O5. The molecule has 1 unspecified atom stereocenters. The van der Waals surface area contributed by atoms with Crippen molar-refractivity contribution >= 4 is 40.3 Å². The molecule has 2 aliphatic heterocycles. The summed E-state index contributed by atoms with van der Waals surface area (Å²) in [4.78, 5) is 70.9. The Morgan fingerprint density at radius 2 is 1.76 bits per heavy atom. The Bertz CT molecular complexity index is 1450. The second-order valence-corrected chi connectivity index (χ2v) is 11.6. The molecule has 0 aliphatic carbocycles. The van der Waals surface area contributed by atoms with Gasteiger partial charge in [0, 0.05) is 36.5 Å². The summed E-state index contributed by atoms with van der Waals surface area (Å²) in [5.41, 5.74) is 2.06. The highest BCUT2D eigenvalue weighted by atomic mass is 16.2. The van der Waals surface area contributed by atoms with E-state index in [0.717, 1.165) is 16.5 Å². The van der Waals surface area contributed by atoms with Crippen LogP contribution in [0.25, 0.3) is 10.9 Å². The first-order valence-electron chi connectivity index (χ1n) is 14.5. The fourth-order valence-corrected chi connectivity index (χ4v) is 5.83. The number of aromatic nitrogens is 1. The second-order valence-electron chi connectivity index (χ2n) is 11.6. The molecule has 4 amide bonds. The number of ketones is 1. The number of rotatable bonds is 10. The molecule has 4 atom stereocenters. The Labute approximate surface area is 244 Å². The molecule has 1 aromatic heterocycles. The minimum atomic E-state index is -1.36. The zero-order valence-corrected chi connectivity index (χ0v) is 23.9. The van der Waals surface area contributed by atoms with Crippen LogP contribution < -0.4 is 16.0 Å². The highest BCUT2D eigenvalue weighted by Crippen LogP contribution is 2.30. The van der Waals surface area contributed by atoms with Gasteiger partial charge in [-0.2, -0.15) is 0 Å². The molecule has 0 spiro atoms. The maximum absolute atomic E-state index is 13.7. The first-order chi connectivity index (χ1) is 20.2. The summed E-state index contributed by atoms with van der Waals surface area (Å²) in [6.07, 6.45) is 0.251. The Balaban J connectivity index is 1.34. The van der Waals surface area contributed by atoms with Crippen molar-refractivity contribution in [1.29, 1.82) is 0 Å². The molecule has 0 saturated carbocycles. The normalized spacial score (nSPS) is 20.9. The first-order valence-corrected chi connectivity index (χ1v) is 14.5. The molecule has 4 N–H and O–H groups in total. The minimum absolute atomic E-state index is 0.0778. The van der Waals surface area contributed by atoms with Crippen LogP contribution in [0.3, 0.4) is 0 Å². The van der Waals surface area contributed by atoms with Gasteiger partial charge in [-0.1, -0.05) is 62.4 Å². The lowest BCUT2D eigenvalue weighted by atomic mass is 9.88. The van der Waals surface area contributed by atoms with Crippen LogP contribution in [0.15, 0.2) is 60.7 Å². The lowest BCUT2D eigenvalue weighted by Gasteiger charge is -2.27. The molecule has 2 saturated heterocycles. The predicted molar refractivity (Wildman–Crippen MR) is 157 cm³/mol. The number of Topliss-reactive ketones (excluding diaryl/α,β-unsaturated/α-hetero) is 1. The van der Waals surface area contributed by atoms with Crippen molar-refractivity contribution < 1.29 is 24.0 Å². The number of carbonyl (C=O) groups is 5. The average Bonchev–Trinajstić information content (AvgIpc) is 3.72. The van der Waals surface area contributed by atoms with Gasteiger partial charge in [-0.05, 0) is 48.8 Å². The van der Waals surface area contributed by atoms with Crippen molar-refractivity contribution in [3.8, 4) is 0 Å². The van der Waals surface area contributed by atoms with E-state index < -0.39 is 35.6 Å². The largest absolute Gasteiger partial charge is 0.356 e. The molecule has 220 valence electrons. The molecular weight excluding hydrogens is 534 g/mol. The van der Waals surface area contributed by atoms with Crippen LogP contribution >= 0.6 is 0 Å². The molecule has 10 nitrogen and oxygen atoms in total. The van der Waals surface area contributed by atoms with E-state index >= 15 is 0 Å². The van der Waals surface area contributed by atoms with Crippen molar-refractivity contribution in [3.63, 3.8) is 0 Å². The predicted octanol–water partition coefficient (Wildman–Crippen LogP) is 2.76. The van der Waals surface area contributed by atoms with E-state index in [1.54, 1.807) is 11.0 Å². The number of hydrogen-bond donors (Lipinski definition) is 4. The van der Waals surface area contributed by atoms with E-state index in [1.165, 1.54) is 0 Å². The number of likely N-dealkylation sites (tertiary alicyclic amines) is 1. The lowest BCUT2D eigenvalue weighted by Crippen LogP contribution is -2.51. The maximum Gasteiger partial charge on any atom is 0.288 e. The third-order valence-electron chi connectivity index (χ3n) is 8.44. The lowest BCUT2D eigenvalue weighted by molar-refractivity contribution is -0.145. The number of nitrogens with zero attached hydrogens (tertiary/aromatic N) is 1. The number of nitrogens with one attached hydrogen (secondary N) is 4. The van der Waals surface area contributed by atoms with Crippen LogP contribution in [0.5, 0.6) is 0 Å². The zero-order chi connectivity index (χ0) is 29.8. The summed E-state index contributed by atoms with van der Waals surface area (Å²) in [6.45, 7) is 5.18. The summed E-state index contributed by atoms with van der Waals surface area (Å²) in [5.74, 6) is -4.44. The number of para-hydroxylation sites is 1. The van der Waals surface area contributed by atoms with E-state index in [-0.39, 0.29) is 36.6 Å². The molecule has 42 heavy (non-hydrogen) atoms. The zero-order valence-electron chi connectivity index (χ0n) is 23.9. The number of hydrogen-bond acceptors (Lipinski definition) is 5. The SMILES string of the molecule is CC(C)[C@@H]1C[C@@H](NC(=O)C(C[C@H]2CCNC2=O)C(=O)C(=O)NCc2ccccc2)N(C(=O)c2cc3ccccc3[nH]2)C1. The van der Waals surface area contributed by atoms with Gasteiger partial charge in [-0.25, -0.2) is 0 Å². The minimum Gasteiger partial charge on any atom is -0.356 e. The van der Waals surface area contributed by atoms with Gasteiger partial charge in [-0.3, -0.25) is 24.0 Å². The topological polar surface area (TPSA) is 140 Å². The summed E-state index contributed by atoms with van der Waals surface area (Å²) in [7, 11) is 0. The van der Waals surface area contributed by atoms with Gasteiger partial charge >= 0.3 is 0 Å². The van der Waals surface area contributed by atoms with Crippen LogP contribution in [0, 0.1) is 23.7 Å². The fraction of sp³-hybridized carbons (Fsp3) is 0.406. The summed E-state index contributed by atoms with van der Waals surface area (Å²) in [5, 5.41) is 9.16. The smallest absolute Gasteiger partial charge is 0.288 e.